The Morgan fingerprint density at radius 1 is 1.22 bits per heavy atom. The summed E-state index contributed by atoms with van der Waals surface area (Å²) in [7, 11) is -2.88. The summed E-state index contributed by atoms with van der Waals surface area (Å²) in [5, 5.41) is 5.36. The van der Waals surface area contributed by atoms with E-state index >= 15 is 0 Å². The van der Waals surface area contributed by atoms with E-state index in [1.807, 2.05) is 30.3 Å². The maximum Gasteiger partial charge on any atom is 0.147 e. The van der Waals surface area contributed by atoms with Crippen LogP contribution in [0.1, 0.15) is 6.42 Å². The summed E-state index contributed by atoms with van der Waals surface area (Å²) in [5.41, 5.74) is 0. The molecule has 0 spiro atoms. The van der Waals surface area contributed by atoms with Gasteiger partial charge in [0.2, 0.25) is 0 Å². The quantitative estimate of drug-likeness (QED) is 0.840. The van der Waals surface area contributed by atoms with Crippen LogP contribution in [0, 0.1) is 0 Å². The van der Waals surface area contributed by atoms with Crippen molar-refractivity contribution in [3.8, 4) is 0 Å². The molecule has 18 heavy (non-hydrogen) atoms. The Labute approximate surface area is 107 Å². The lowest BCUT2D eigenvalue weighted by molar-refractivity contribution is 0.600. The Bertz CT molecular complexity index is 633. The van der Waals surface area contributed by atoms with E-state index in [4.69, 9.17) is 0 Å². The summed E-state index contributed by atoms with van der Waals surface area (Å²) in [6.07, 6.45) is 3.59. The van der Waals surface area contributed by atoms with E-state index < -0.39 is 9.84 Å². The third-order valence-electron chi connectivity index (χ3n) is 2.66. The van der Waals surface area contributed by atoms with Crippen molar-refractivity contribution in [1.82, 2.24) is 4.98 Å². The van der Waals surface area contributed by atoms with Crippen LogP contribution in [-0.4, -0.2) is 32.0 Å². The van der Waals surface area contributed by atoms with Gasteiger partial charge in [0.25, 0.3) is 0 Å². The number of sulfone groups is 1. The lowest BCUT2D eigenvalue weighted by atomic mass is 10.1. The zero-order valence-electron chi connectivity index (χ0n) is 10.3. The van der Waals surface area contributed by atoms with Gasteiger partial charge in [-0.15, -0.1) is 0 Å². The average Bonchev–Trinajstić information content (AvgIpc) is 2.33. The van der Waals surface area contributed by atoms with E-state index in [1.54, 1.807) is 6.20 Å². The first kappa shape index (κ1) is 12.8. The highest BCUT2D eigenvalue weighted by atomic mass is 32.2. The Morgan fingerprint density at radius 2 is 2.00 bits per heavy atom. The summed E-state index contributed by atoms with van der Waals surface area (Å²) in [4.78, 5) is 4.28. The molecule has 5 heteroatoms. The molecule has 0 saturated heterocycles. The number of fused-ring (bicyclic) bond motifs is 1. The Hall–Kier alpha value is -1.62. The van der Waals surface area contributed by atoms with Crippen molar-refractivity contribution in [2.45, 2.75) is 6.42 Å². The molecule has 0 fully saturated rings. The first-order chi connectivity index (χ1) is 8.56. The molecular weight excluding hydrogens is 248 g/mol. The largest absolute Gasteiger partial charge is 0.370 e. The number of nitrogens with one attached hydrogen (secondary N) is 1. The molecule has 0 radical (unpaired) electrons. The monoisotopic (exact) mass is 264 g/mol. The van der Waals surface area contributed by atoms with Crippen LogP contribution in [0.25, 0.3) is 10.8 Å². The molecule has 1 aromatic heterocycles. The normalized spacial score (nSPS) is 11.6. The van der Waals surface area contributed by atoms with E-state index in [0.29, 0.717) is 13.0 Å². The maximum absolute atomic E-state index is 11.0. The number of pyridine rings is 1. The van der Waals surface area contributed by atoms with Crippen molar-refractivity contribution in [3.63, 3.8) is 0 Å². The molecule has 96 valence electrons. The number of benzene rings is 1. The zero-order valence-corrected chi connectivity index (χ0v) is 11.1. The van der Waals surface area contributed by atoms with Gasteiger partial charge in [0.1, 0.15) is 15.7 Å². The second kappa shape index (κ2) is 5.35. The van der Waals surface area contributed by atoms with Crippen LogP contribution in [0.5, 0.6) is 0 Å². The molecule has 0 bridgehead atoms. The topological polar surface area (TPSA) is 59.1 Å². The van der Waals surface area contributed by atoms with Crippen molar-refractivity contribution < 1.29 is 8.42 Å². The molecule has 1 aromatic carbocycles. The van der Waals surface area contributed by atoms with Gasteiger partial charge in [-0.2, -0.15) is 0 Å². The van der Waals surface area contributed by atoms with E-state index in [-0.39, 0.29) is 5.75 Å². The summed E-state index contributed by atoms with van der Waals surface area (Å²) in [5.74, 6) is 1.01. The minimum Gasteiger partial charge on any atom is -0.370 e. The minimum atomic E-state index is -2.88. The molecule has 1 N–H and O–H groups in total. The van der Waals surface area contributed by atoms with Gasteiger partial charge in [-0.25, -0.2) is 13.4 Å². The molecule has 4 nitrogen and oxygen atoms in total. The second-order valence-electron chi connectivity index (χ2n) is 4.29. The molecule has 0 saturated carbocycles. The van der Waals surface area contributed by atoms with Crippen LogP contribution < -0.4 is 5.32 Å². The SMILES string of the molecule is CS(=O)(=O)CCCNc1nccc2ccccc12. The van der Waals surface area contributed by atoms with Gasteiger partial charge in [0, 0.05) is 24.4 Å². The van der Waals surface area contributed by atoms with Crippen molar-refractivity contribution in [2.75, 3.05) is 23.9 Å². The van der Waals surface area contributed by atoms with E-state index in [2.05, 4.69) is 10.3 Å². The van der Waals surface area contributed by atoms with Crippen molar-refractivity contribution in [1.29, 1.82) is 0 Å². The van der Waals surface area contributed by atoms with Gasteiger partial charge in [-0.05, 0) is 17.9 Å². The maximum atomic E-state index is 11.0. The van der Waals surface area contributed by atoms with Gasteiger partial charge < -0.3 is 5.32 Å². The summed E-state index contributed by atoms with van der Waals surface area (Å²) in [6.45, 7) is 0.605. The fourth-order valence-corrected chi connectivity index (χ4v) is 2.47. The van der Waals surface area contributed by atoms with Gasteiger partial charge in [-0.1, -0.05) is 24.3 Å². The van der Waals surface area contributed by atoms with Crippen LogP contribution >= 0.6 is 0 Å². The van der Waals surface area contributed by atoms with E-state index in [1.165, 1.54) is 6.26 Å². The smallest absolute Gasteiger partial charge is 0.147 e. The molecule has 2 rings (SSSR count). The van der Waals surface area contributed by atoms with Crippen LogP contribution in [0.4, 0.5) is 5.82 Å². The lowest BCUT2D eigenvalue weighted by Crippen LogP contribution is -2.10. The predicted molar refractivity (Wildman–Crippen MR) is 74.6 cm³/mol. The fourth-order valence-electron chi connectivity index (χ4n) is 1.80. The van der Waals surface area contributed by atoms with Crippen molar-refractivity contribution in [3.05, 3.63) is 36.5 Å². The number of hydrogen-bond donors (Lipinski definition) is 1. The Morgan fingerprint density at radius 3 is 2.78 bits per heavy atom. The van der Waals surface area contributed by atoms with Crippen LogP contribution in [0.3, 0.4) is 0 Å². The van der Waals surface area contributed by atoms with Crippen molar-refractivity contribution >= 4 is 26.4 Å². The third kappa shape index (κ3) is 3.43. The minimum absolute atomic E-state index is 0.199. The number of nitrogens with zero attached hydrogens (tertiary/aromatic N) is 1. The average molecular weight is 264 g/mol. The first-order valence-corrected chi connectivity index (χ1v) is 7.88. The van der Waals surface area contributed by atoms with Gasteiger partial charge in [-0.3, -0.25) is 0 Å². The molecular formula is C13H16N2O2S. The van der Waals surface area contributed by atoms with Gasteiger partial charge in [0.15, 0.2) is 0 Å². The molecule has 0 atom stereocenters. The van der Waals surface area contributed by atoms with Crippen LogP contribution in [0.2, 0.25) is 0 Å². The third-order valence-corrected chi connectivity index (χ3v) is 3.69. The molecule has 0 amide bonds. The van der Waals surface area contributed by atoms with Gasteiger partial charge >= 0.3 is 0 Å². The van der Waals surface area contributed by atoms with E-state index in [9.17, 15) is 8.42 Å². The summed E-state index contributed by atoms with van der Waals surface area (Å²) in [6, 6.07) is 9.93. The van der Waals surface area contributed by atoms with Crippen LogP contribution in [0.15, 0.2) is 36.5 Å². The van der Waals surface area contributed by atoms with E-state index in [0.717, 1.165) is 16.6 Å². The first-order valence-electron chi connectivity index (χ1n) is 5.81. The number of aromatic nitrogens is 1. The molecule has 0 aliphatic carbocycles. The lowest BCUT2D eigenvalue weighted by Gasteiger charge is -2.08. The number of rotatable bonds is 5. The number of hydrogen-bond acceptors (Lipinski definition) is 4. The highest BCUT2D eigenvalue weighted by Crippen LogP contribution is 2.20. The highest BCUT2D eigenvalue weighted by Gasteiger charge is 2.03. The molecule has 1 heterocycles. The fraction of sp³-hybridized carbons (Fsp3) is 0.308. The van der Waals surface area contributed by atoms with Crippen molar-refractivity contribution in [2.24, 2.45) is 0 Å². The summed E-state index contributed by atoms with van der Waals surface area (Å²) < 4.78 is 22.0. The molecule has 0 aliphatic rings. The molecule has 2 aromatic rings. The summed E-state index contributed by atoms with van der Waals surface area (Å²) >= 11 is 0. The standard InChI is InChI=1S/C13H16N2O2S/c1-18(16,17)10-4-8-14-13-12-6-3-2-5-11(12)7-9-15-13/h2-3,5-7,9H,4,8,10H2,1H3,(H,14,15). The Balaban J connectivity index is 2.04. The van der Waals surface area contributed by atoms with Crippen LogP contribution in [-0.2, 0) is 9.84 Å². The molecule has 0 aliphatic heterocycles. The molecule has 0 unspecified atom stereocenters. The Kier molecular flexibility index (Phi) is 3.81. The van der Waals surface area contributed by atoms with Gasteiger partial charge in [0.05, 0.1) is 5.75 Å². The zero-order chi connectivity index (χ0) is 13.0. The highest BCUT2D eigenvalue weighted by molar-refractivity contribution is 7.90. The second-order valence-corrected chi connectivity index (χ2v) is 6.55. The number of anilines is 1. The predicted octanol–water partition coefficient (Wildman–Crippen LogP) is 2.08.